The van der Waals surface area contributed by atoms with Gasteiger partial charge in [0, 0.05) is 0 Å². The van der Waals surface area contributed by atoms with Gasteiger partial charge >= 0.3 is 5.97 Å². The lowest BCUT2D eigenvalue weighted by atomic mass is 10.2. The van der Waals surface area contributed by atoms with Crippen molar-refractivity contribution in [3.8, 4) is 11.5 Å². The van der Waals surface area contributed by atoms with Crippen molar-refractivity contribution in [1.82, 2.24) is 4.90 Å². The van der Waals surface area contributed by atoms with E-state index in [-0.39, 0.29) is 17.4 Å². The third-order valence-corrected chi connectivity index (χ3v) is 5.07. The van der Waals surface area contributed by atoms with E-state index in [0.29, 0.717) is 28.1 Å². The lowest BCUT2D eigenvalue weighted by molar-refractivity contribution is -0.147. The largest absolute Gasteiger partial charge is 0.493 e. The summed E-state index contributed by atoms with van der Waals surface area (Å²) in [5.41, 5.74) is 0.653. The highest BCUT2D eigenvalue weighted by atomic mass is 79.9. The zero-order valence-electron chi connectivity index (χ0n) is 16.1. The van der Waals surface area contributed by atoms with Crippen LogP contribution in [0.15, 0.2) is 21.5 Å². The summed E-state index contributed by atoms with van der Waals surface area (Å²) in [6.45, 7) is 5.98. The minimum Gasteiger partial charge on any atom is -0.493 e. The number of amides is 2. The molecule has 7 nitrogen and oxygen atoms in total. The number of methoxy groups -OCH3 is 1. The number of thioether (sulfide) groups is 1. The fraction of sp³-hybridized carbons (Fsp3) is 0.421. The van der Waals surface area contributed by atoms with Gasteiger partial charge in [0.05, 0.1) is 29.7 Å². The van der Waals surface area contributed by atoms with E-state index in [1.807, 2.05) is 20.8 Å². The summed E-state index contributed by atoms with van der Waals surface area (Å²) >= 11 is 4.21. The number of carbonyl (C=O) groups excluding carboxylic acids is 3. The molecular formula is C19H22BrNO6S. The third kappa shape index (κ3) is 5.51. The minimum atomic E-state index is -0.609. The Bertz CT molecular complexity index is 808. The van der Waals surface area contributed by atoms with E-state index in [2.05, 4.69) is 15.9 Å². The fourth-order valence-corrected chi connectivity index (χ4v) is 3.74. The van der Waals surface area contributed by atoms with E-state index in [4.69, 9.17) is 14.2 Å². The molecule has 0 aliphatic carbocycles. The Morgan fingerprint density at radius 3 is 2.64 bits per heavy atom. The van der Waals surface area contributed by atoms with E-state index in [0.717, 1.165) is 16.7 Å². The number of carbonyl (C=O) groups is 3. The highest BCUT2D eigenvalue weighted by Gasteiger charge is 2.36. The van der Waals surface area contributed by atoms with E-state index in [1.54, 1.807) is 18.2 Å². The number of halogens is 1. The lowest BCUT2D eigenvalue weighted by Gasteiger charge is -2.13. The summed E-state index contributed by atoms with van der Waals surface area (Å²) in [5, 5.41) is -0.505. The van der Waals surface area contributed by atoms with E-state index >= 15 is 0 Å². The van der Waals surface area contributed by atoms with Gasteiger partial charge in [0.1, 0.15) is 6.54 Å². The Morgan fingerprint density at radius 1 is 1.32 bits per heavy atom. The molecule has 2 rings (SSSR count). The molecule has 1 aromatic rings. The van der Waals surface area contributed by atoms with Crippen molar-refractivity contribution in [2.24, 2.45) is 5.92 Å². The van der Waals surface area contributed by atoms with Gasteiger partial charge in [-0.15, -0.1) is 0 Å². The quantitative estimate of drug-likeness (QED) is 0.416. The Hall–Kier alpha value is -2.00. The maximum absolute atomic E-state index is 12.5. The van der Waals surface area contributed by atoms with Gasteiger partial charge in [0.25, 0.3) is 11.1 Å². The van der Waals surface area contributed by atoms with Gasteiger partial charge in [-0.25, -0.2) is 0 Å². The average Bonchev–Trinajstić information content (AvgIpc) is 2.89. The number of rotatable bonds is 8. The molecule has 0 spiro atoms. The first-order valence-corrected chi connectivity index (χ1v) is 10.3. The minimum absolute atomic E-state index is 0.173. The number of esters is 1. The van der Waals surface area contributed by atoms with Crippen molar-refractivity contribution < 1.29 is 28.6 Å². The Morgan fingerprint density at radius 2 is 2.04 bits per heavy atom. The predicted molar refractivity (Wildman–Crippen MR) is 110 cm³/mol. The number of benzene rings is 1. The zero-order chi connectivity index (χ0) is 20.8. The monoisotopic (exact) mass is 471 g/mol. The van der Waals surface area contributed by atoms with Gasteiger partial charge in [0.15, 0.2) is 11.5 Å². The van der Waals surface area contributed by atoms with Gasteiger partial charge < -0.3 is 14.2 Å². The smallest absolute Gasteiger partial charge is 0.326 e. The molecule has 1 aliphatic heterocycles. The van der Waals surface area contributed by atoms with Crippen LogP contribution in [0.2, 0.25) is 0 Å². The summed E-state index contributed by atoms with van der Waals surface area (Å²) in [5.74, 6) is 0.0946. The molecule has 1 aliphatic rings. The summed E-state index contributed by atoms with van der Waals surface area (Å²) in [6, 6.07) is 3.47. The van der Waals surface area contributed by atoms with Gasteiger partial charge in [0.2, 0.25) is 0 Å². The summed E-state index contributed by atoms with van der Waals surface area (Å²) in [6.07, 6.45) is 1.58. The summed E-state index contributed by atoms with van der Waals surface area (Å²) < 4.78 is 16.6. The molecule has 28 heavy (non-hydrogen) atoms. The summed E-state index contributed by atoms with van der Waals surface area (Å²) in [7, 11) is 1.52. The molecule has 152 valence electrons. The molecule has 0 N–H and O–H groups in total. The van der Waals surface area contributed by atoms with Crippen LogP contribution in [0.5, 0.6) is 11.5 Å². The van der Waals surface area contributed by atoms with Crippen molar-refractivity contribution >= 4 is 50.9 Å². The normalized spacial score (nSPS) is 15.5. The van der Waals surface area contributed by atoms with Crippen molar-refractivity contribution in [3.63, 3.8) is 0 Å². The van der Waals surface area contributed by atoms with E-state index < -0.39 is 23.7 Å². The van der Waals surface area contributed by atoms with Gasteiger partial charge in [-0.2, -0.15) is 0 Å². The van der Waals surface area contributed by atoms with Gasteiger partial charge in [-0.05, 0) is 64.3 Å². The molecule has 1 fully saturated rings. The van der Waals surface area contributed by atoms with Crippen LogP contribution in [0.25, 0.3) is 6.08 Å². The number of ether oxygens (including phenoxy) is 3. The van der Waals surface area contributed by atoms with Crippen LogP contribution in [-0.2, 0) is 14.3 Å². The van der Waals surface area contributed by atoms with Crippen molar-refractivity contribution in [2.45, 2.75) is 20.8 Å². The van der Waals surface area contributed by atoms with Crippen molar-refractivity contribution in [3.05, 3.63) is 27.1 Å². The van der Waals surface area contributed by atoms with E-state index in [1.165, 1.54) is 7.11 Å². The fourth-order valence-electron chi connectivity index (χ4n) is 2.33. The zero-order valence-corrected chi connectivity index (χ0v) is 18.5. The van der Waals surface area contributed by atoms with Crippen LogP contribution in [0.3, 0.4) is 0 Å². The molecular weight excluding hydrogens is 450 g/mol. The second-order valence-electron chi connectivity index (χ2n) is 6.31. The molecule has 0 radical (unpaired) electrons. The highest BCUT2D eigenvalue weighted by Crippen LogP contribution is 2.39. The molecule has 1 heterocycles. The molecule has 1 aromatic carbocycles. The number of nitrogens with zero attached hydrogens (tertiary/aromatic N) is 1. The van der Waals surface area contributed by atoms with E-state index in [9.17, 15) is 14.4 Å². The van der Waals surface area contributed by atoms with Crippen LogP contribution in [-0.4, -0.2) is 48.9 Å². The average molecular weight is 472 g/mol. The first-order valence-electron chi connectivity index (χ1n) is 8.68. The maximum Gasteiger partial charge on any atom is 0.326 e. The first-order chi connectivity index (χ1) is 13.3. The molecule has 0 aromatic heterocycles. The molecule has 0 unspecified atom stereocenters. The molecule has 1 saturated heterocycles. The van der Waals surface area contributed by atoms with Crippen LogP contribution in [0, 0.1) is 5.92 Å². The SMILES string of the molecule is CCOc1c(Br)cc(/C=C2/SC(=O)N(CC(=O)OCC(C)C)C2=O)cc1OC. The van der Waals surface area contributed by atoms with Crippen molar-refractivity contribution in [2.75, 3.05) is 26.9 Å². The predicted octanol–water partition coefficient (Wildman–Crippen LogP) is 4.09. The standard InChI is InChI=1S/C19H22BrNO6S/c1-5-26-17-13(20)6-12(7-14(17)25-4)8-15-18(23)21(19(24)28-15)9-16(22)27-10-11(2)3/h6-8,11H,5,9-10H2,1-4H3/b15-8+. The summed E-state index contributed by atoms with van der Waals surface area (Å²) in [4.78, 5) is 37.7. The molecule has 9 heteroatoms. The van der Waals surface area contributed by atoms with Crippen LogP contribution < -0.4 is 9.47 Å². The Kier molecular flexibility index (Phi) is 7.94. The number of imide groups is 1. The molecule has 2 amide bonds. The third-order valence-electron chi connectivity index (χ3n) is 3.58. The highest BCUT2D eigenvalue weighted by molar-refractivity contribution is 9.10. The lowest BCUT2D eigenvalue weighted by Crippen LogP contribution is -2.34. The molecule has 0 saturated carbocycles. The van der Waals surface area contributed by atoms with Crippen molar-refractivity contribution in [1.29, 1.82) is 0 Å². The Balaban J connectivity index is 2.19. The first kappa shape index (κ1) is 22.3. The van der Waals surface area contributed by atoms with Gasteiger partial charge in [-0.1, -0.05) is 13.8 Å². The molecule has 0 atom stereocenters. The number of hydrogen-bond donors (Lipinski definition) is 0. The van der Waals surface area contributed by atoms with Crippen LogP contribution in [0.4, 0.5) is 4.79 Å². The second kappa shape index (κ2) is 9.97. The second-order valence-corrected chi connectivity index (χ2v) is 8.16. The van der Waals surface area contributed by atoms with Gasteiger partial charge in [-0.3, -0.25) is 19.3 Å². The topological polar surface area (TPSA) is 82.1 Å². The molecule has 0 bridgehead atoms. The maximum atomic E-state index is 12.5. The number of hydrogen-bond acceptors (Lipinski definition) is 7. The van der Waals surface area contributed by atoms with Crippen LogP contribution >= 0.6 is 27.7 Å². The van der Waals surface area contributed by atoms with Crippen LogP contribution in [0.1, 0.15) is 26.3 Å². The Labute approximate surface area is 176 Å².